The Morgan fingerprint density at radius 2 is 2.11 bits per heavy atom. The van der Waals surface area contributed by atoms with Crippen LogP contribution in [0, 0.1) is 0 Å². The highest BCUT2D eigenvalue weighted by Gasteiger charge is 2.18. The van der Waals surface area contributed by atoms with E-state index in [1.807, 2.05) is 0 Å². The first-order chi connectivity index (χ1) is 9.20. The average Bonchev–Trinajstić information content (AvgIpc) is 2.46. The third-order valence-electron chi connectivity index (χ3n) is 3.18. The number of hydrogen-bond acceptors (Lipinski definition) is 6. The van der Waals surface area contributed by atoms with E-state index in [4.69, 9.17) is 10.5 Å². The van der Waals surface area contributed by atoms with Gasteiger partial charge >= 0.3 is 0 Å². The van der Waals surface area contributed by atoms with E-state index in [0.29, 0.717) is 5.82 Å². The Morgan fingerprint density at radius 1 is 1.37 bits per heavy atom. The quantitative estimate of drug-likeness (QED) is 0.761. The predicted octanol–water partition coefficient (Wildman–Crippen LogP) is -0.656. The van der Waals surface area contributed by atoms with E-state index in [1.54, 1.807) is 13.3 Å². The third kappa shape index (κ3) is 3.62. The van der Waals surface area contributed by atoms with Crippen molar-refractivity contribution in [3.8, 4) is 0 Å². The second kappa shape index (κ2) is 6.44. The molecule has 19 heavy (non-hydrogen) atoms. The number of carbonyl (C=O) groups excluding carboxylic acids is 1. The van der Waals surface area contributed by atoms with Gasteiger partial charge in [-0.15, -0.1) is 0 Å². The second-order valence-corrected chi connectivity index (χ2v) is 4.45. The van der Waals surface area contributed by atoms with Gasteiger partial charge in [-0.2, -0.15) is 0 Å². The number of rotatable bonds is 5. The number of methoxy groups -OCH3 is 1. The zero-order valence-corrected chi connectivity index (χ0v) is 11.1. The van der Waals surface area contributed by atoms with Crippen LogP contribution in [0.25, 0.3) is 0 Å². The highest BCUT2D eigenvalue weighted by atomic mass is 16.5. The third-order valence-corrected chi connectivity index (χ3v) is 3.18. The number of hydrogen-bond donors (Lipinski definition) is 1. The van der Waals surface area contributed by atoms with Crippen LogP contribution in [0.15, 0.2) is 12.4 Å². The Bertz CT molecular complexity index is 432. The van der Waals surface area contributed by atoms with Crippen LogP contribution in [0.4, 0.5) is 5.82 Å². The number of nitrogens with zero attached hydrogens (tertiary/aromatic N) is 4. The van der Waals surface area contributed by atoms with Crippen molar-refractivity contribution in [1.29, 1.82) is 0 Å². The number of carbonyl (C=O) groups is 1. The van der Waals surface area contributed by atoms with Crippen molar-refractivity contribution in [3.63, 3.8) is 0 Å². The molecule has 1 aliphatic heterocycles. The normalized spacial score (nSPS) is 16.6. The Kier molecular flexibility index (Phi) is 4.64. The summed E-state index contributed by atoms with van der Waals surface area (Å²) in [6.45, 7) is 5.31. The highest BCUT2D eigenvalue weighted by Crippen LogP contribution is 2.12. The lowest BCUT2D eigenvalue weighted by atomic mass is 10.3. The van der Waals surface area contributed by atoms with Crippen LogP contribution in [0.1, 0.15) is 10.5 Å². The van der Waals surface area contributed by atoms with Crippen LogP contribution in [-0.2, 0) is 4.74 Å². The smallest absolute Gasteiger partial charge is 0.268 e. The van der Waals surface area contributed by atoms with Crippen molar-refractivity contribution in [2.45, 2.75) is 0 Å². The van der Waals surface area contributed by atoms with Crippen molar-refractivity contribution in [2.24, 2.45) is 5.73 Å². The average molecular weight is 265 g/mol. The van der Waals surface area contributed by atoms with Gasteiger partial charge in [-0.25, -0.2) is 4.98 Å². The number of amides is 1. The van der Waals surface area contributed by atoms with Crippen molar-refractivity contribution < 1.29 is 9.53 Å². The monoisotopic (exact) mass is 265 g/mol. The molecule has 1 aliphatic rings. The zero-order chi connectivity index (χ0) is 13.7. The molecule has 1 aromatic heterocycles. The Labute approximate surface area is 112 Å². The standard InChI is InChI=1S/C12H19N5O2/c1-19-7-6-16-2-4-17(5-3-16)11-9-14-8-10(15-11)12(13)18/h8-9H,2-7H2,1H3,(H2,13,18). The molecule has 2 rings (SSSR count). The first-order valence-corrected chi connectivity index (χ1v) is 6.29. The summed E-state index contributed by atoms with van der Waals surface area (Å²) in [6.07, 6.45) is 3.05. The van der Waals surface area contributed by atoms with Crippen molar-refractivity contribution in [3.05, 3.63) is 18.1 Å². The highest BCUT2D eigenvalue weighted by molar-refractivity contribution is 5.90. The minimum absolute atomic E-state index is 0.208. The molecule has 1 aromatic rings. The van der Waals surface area contributed by atoms with Gasteiger partial charge in [0.25, 0.3) is 5.91 Å². The summed E-state index contributed by atoms with van der Waals surface area (Å²) in [6, 6.07) is 0. The summed E-state index contributed by atoms with van der Waals surface area (Å²) in [5, 5.41) is 0. The molecule has 0 radical (unpaired) electrons. The lowest BCUT2D eigenvalue weighted by Crippen LogP contribution is -2.47. The Hall–Kier alpha value is -1.73. The van der Waals surface area contributed by atoms with Gasteiger partial charge in [0.2, 0.25) is 0 Å². The number of nitrogens with two attached hydrogens (primary N) is 1. The molecule has 2 heterocycles. The molecule has 1 saturated heterocycles. The fourth-order valence-electron chi connectivity index (χ4n) is 2.05. The van der Waals surface area contributed by atoms with Crippen LogP contribution in [0.2, 0.25) is 0 Å². The fraction of sp³-hybridized carbons (Fsp3) is 0.583. The van der Waals surface area contributed by atoms with E-state index in [-0.39, 0.29) is 5.69 Å². The second-order valence-electron chi connectivity index (χ2n) is 4.45. The molecule has 2 N–H and O–H groups in total. The zero-order valence-electron chi connectivity index (χ0n) is 11.1. The molecule has 0 aromatic carbocycles. The SMILES string of the molecule is COCCN1CCN(c2cncc(C(N)=O)n2)CC1. The van der Waals surface area contributed by atoms with E-state index in [0.717, 1.165) is 39.3 Å². The Morgan fingerprint density at radius 3 is 2.74 bits per heavy atom. The van der Waals surface area contributed by atoms with E-state index in [9.17, 15) is 4.79 Å². The van der Waals surface area contributed by atoms with Crippen LogP contribution >= 0.6 is 0 Å². The molecule has 7 heteroatoms. The maximum Gasteiger partial charge on any atom is 0.268 e. The van der Waals surface area contributed by atoms with Crippen molar-refractivity contribution in [1.82, 2.24) is 14.9 Å². The van der Waals surface area contributed by atoms with Gasteiger partial charge in [-0.05, 0) is 0 Å². The van der Waals surface area contributed by atoms with Crippen LogP contribution in [0.3, 0.4) is 0 Å². The van der Waals surface area contributed by atoms with E-state index < -0.39 is 5.91 Å². The number of piperazine rings is 1. The molecule has 0 unspecified atom stereocenters. The van der Waals surface area contributed by atoms with Gasteiger partial charge in [0.15, 0.2) is 0 Å². The maximum absolute atomic E-state index is 11.1. The van der Waals surface area contributed by atoms with E-state index in [2.05, 4.69) is 19.8 Å². The van der Waals surface area contributed by atoms with Crippen molar-refractivity contribution in [2.75, 3.05) is 51.3 Å². The molecular weight excluding hydrogens is 246 g/mol. The summed E-state index contributed by atoms with van der Waals surface area (Å²) in [7, 11) is 1.71. The molecule has 0 atom stereocenters. The molecule has 104 valence electrons. The van der Waals surface area contributed by atoms with Crippen molar-refractivity contribution >= 4 is 11.7 Å². The lowest BCUT2D eigenvalue weighted by molar-refractivity contribution is 0.0995. The lowest BCUT2D eigenvalue weighted by Gasteiger charge is -2.35. The van der Waals surface area contributed by atoms with Gasteiger partial charge in [0.05, 0.1) is 19.0 Å². The van der Waals surface area contributed by atoms with Crippen LogP contribution in [-0.4, -0.2) is 67.2 Å². The Balaban J connectivity index is 1.94. The summed E-state index contributed by atoms with van der Waals surface area (Å²) < 4.78 is 5.07. The molecule has 7 nitrogen and oxygen atoms in total. The molecule has 1 fully saturated rings. The molecule has 0 spiro atoms. The summed E-state index contributed by atoms with van der Waals surface area (Å²) in [5.74, 6) is 0.163. The minimum Gasteiger partial charge on any atom is -0.383 e. The van der Waals surface area contributed by atoms with Gasteiger partial charge in [-0.3, -0.25) is 14.7 Å². The number of anilines is 1. The number of ether oxygens (including phenoxy) is 1. The topological polar surface area (TPSA) is 84.6 Å². The molecular formula is C12H19N5O2. The molecule has 1 amide bonds. The van der Waals surface area contributed by atoms with Gasteiger partial charge < -0.3 is 15.4 Å². The largest absolute Gasteiger partial charge is 0.383 e. The maximum atomic E-state index is 11.1. The number of primary amides is 1. The number of aromatic nitrogens is 2. The minimum atomic E-state index is -0.548. The summed E-state index contributed by atoms with van der Waals surface area (Å²) in [4.78, 5) is 23.8. The molecule has 0 saturated carbocycles. The van der Waals surface area contributed by atoms with E-state index in [1.165, 1.54) is 6.20 Å². The van der Waals surface area contributed by atoms with E-state index >= 15 is 0 Å². The fourth-order valence-corrected chi connectivity index (χ4v) is 2.05. The first kappa shape index (κ1) is 13.7. The molecule has 0 aliphatic carbocycles. The summed E-state index contributed by atoms with van der Waals surface area (Å²) in [5.41, 5.74) is 5.41. The predicted molar refractivity (Wildman–Crippen MR) is 71.1 cm³/mol. The van der Waals surface area contributed by atoms with Crippen LogP contribution < -0.4 is 10.6 Å². The summed E-state index contributed by atoms with van der Waals surface area (Å²) >= 11 is 0. The molecule has 0 bridgehead atoms. The van der Waals surface area contributed by atoms with Gasteiger partial charge in [0, 0.05) is 39.8 Å². The first-order valence-electron chi connectivity index (χ1n) is 6.29. The van der Waals surface area contributed by atoms with Gasteiger partial charge in [0.1, 0.15) is 11.5 Å². The van der Waals surface area contributed by atoms with Crippen LogP contribution in [0.5, 0.6) is 0 Å². The van der Waals surface area contributed by atoms with Gasteiger partial charge in [-0.1, -0.05) is 0 Å².